The Balaban J connectivity index is 1.65. The Morgan fingerprint density at radius 3 is 2.54 bits per heavy atom. The van der Waals surface area contributed by atoms with Crippen LogP contribution in [0.2, 0.25) is 5.02 Å². The van der Waals surface area contributed by atoms with Gasteiger partial charge in [0.05, 0.1) is 5.69 Å². The van der Waals surface area contributed by atoms with E-state index >= 15 is 0 Å². The van der Waals surface area contributed by atoms with Gasteiger partial charge in [0.1, 0.15) is 5.69 Å². The molecular formula is C21H18ClN5S. The van der Waals surface area contributed by atoms with E-state index < -0.39 is 0 Å². The van der Waals surface area contributed by atoms with Crippen LogP contribution in [0.5, 0.6) is 0 Å². The Hall–Kier alpha value is -2.83. The zero-order valence-corrected chi connectivity index (χ0v) is 16.6. The van der Waals surface area contributed by atoms with E-state index in [0.717, 1.165) is 41.9 Å². The van der Waals surface area contributed by atoms with Gasteiger partial charge in [-0.3, -0.25) is 4.98 Å². The van der Waals surface area contributed by atoms with Crippen molar-refractivity contribution in [1.29, 1.82) is 0 Å². The van der Waals surface area contributed by atoms with E-state index in [9.17, 15) is 0 Å². The summed E-state index contributed by atoms with van der Waals surface area (Å²) in [6.07, 6.45) is 6.27. The minimum atomic E-state index is 0.607. The molecule has 0 fully saturated rings. The highest BCUT2D eigenvalue weighted by molar-refractivity contribution is 7.15. The van der Waals surface area contributed by atoms with Crippen LogP contribution in [0.3, 0.4) is 0 Å². The van der Waals surface area contributed by atoms with E-state index in [0.29, 0.717) is 16.0 Å². The predicted molar refractivity (Wildman–Crippen MR) is 114 cm³/mol. The number of hydrogen-bond donors (Lipinski definition) is 1. The monoisotopic (exact) mass is 407 g/mol. The maximum Gasteiger partial charge on any atom is 0.180 e. The molecule has 3 aromatic heterocycles. The van der Waals surface area contributed by atoms with Crippen LogP contribution in [0.1, 0.15) is 17.0 Å². The lowest BCUT2D eigenvalue weighted by Crippen LogP contribution is -2.00. The quantitative estimate of drug-likeness (QED) is 0.482. The first-order valence-corrected chi connectivity index (χ1v) is 10.1. The number of nitrogens with zero attached hydrogens (tertiary/aromatic N) is 4. The van der Waals surface area contributed by atoms with Gasteiger partial charge >= 0.3 is 0 Å². The van der Waals surface area contributed by atoms with E-state index in [4.69, 9.17) is 27.3 Å². The Morgan fingerprint density at radius 2 is 1.79 bits per heavy atom. The summed E-state index contributed by atoms with van der Waals surface area (Å²) in [7, 11) is 0. The normalized spacial score (nSPS) is 10.9. The van der Waals surface area contributed by atoms with Crippen molar-refractivity contribution in [1.82, 2.24) is 19.9 Å². The number of benzene rings is 1. The van der Waals surface area contributed by atoms with Gasteiger partial charge in [0.25, 0.3) is 0 Å². The van der Waals surface area contributed by atoms with Crippen molar-refractivity contribution in [2.24, 2.45) is 0 Å². The Labute approximate surface area is 172 Å². The minimum Gasteiger partial charge on any atom is -0.375 e. The number of pyridine rings is 1. The van der Waals surface area contributed by atoms with Crippen LogP contribution < -0.4 is 5.73 Å². The van der Waals surface area contributed by atoms with Crippen LogP contribution in [0.4, 0.5) is 5.13 Å². The summed E-state index contributed by atoms with van der Waals surface area (Å²) < 4.78 is 0. The molecule has 0 atom stereocenters. The predicted octanol–water partition coefficient (Wildman–Crippen LogP) is 5.07. The fraction of sp³-hybridized carbons (Fsp3) is 0.143. The second kappa shape index (κ2) is 8.46. The van der Waals surface area contributed by atoms with Gasteiger partial charge < -0.3 is 5.73 Å². The molecule has 140 valence electrons. The van der Waals surface area contributed by atoms with Gasteiger partial charge in [-0.1, -0.05) is 35.9 Å². The zero-order chi connectivity index (χ0) is 19.3. The molecule has 4 rings (SSSR count). The third kappa shape index (κ3) is 4.35. The first kappa shape index (κ1) is 18.5. The average Bonchev–Trinajstić information content (AvgIpc) is 3.14. The van der Waals surface area contributed by atoms with Crippen LogP contribution in [-0.2, 0) is 12.8 Å². The molecule has 0 amide bonds. The van der Waals surface area contributed by atoms with Crippen molar-refractivity contribution in [3.63, 3.8) is 0 Å². The van der Waals surface area contributed by atoms with Crippen molar-refractivity contribution in [2.45, 2.75) is 19.3 Å². The summed E-state index contributed by atoms with van der Waals surface area (Å²) in [5, 5.41) is 1.27. The summed E-state index contributed by atoms with van der Waals surface area (Å²) in [6.45, 7) is 0. The average molecular weight is 408 g/mol. The molecule has 28 heavy (non-hydrogen) atoms. The molecule has 0 bridgehead atoms. The molecule has 1 aromatic carbocycles. The third-order valence-corrected chi connectivity index (χ3v) is 5.47. The lowest BCUT2D eigenvalue weighted by molar-refractivity contribution is 0.803. The summed E-state index contributed by atoms with van der Waals surface area (Å²) in [4.78, 5) is 19.2. The standard InChI is InChI=1S/C21H18ClN5S/c22-17-9-2-1-8-16(17)19-12-14(6-5-7-15-13-25-21(23)28-15)26-20(27-19)18-10-3-4-11-24-18/h1-4,8-13H,5-7H2,(H2,23,25). The molecule has 0 aliphatic heterocycles. The van der Waals surface area contributed by atoms with Crippen LogP contribution in [0.15, 0.2) is 60.9 Å². The van der Waals surface area contributed by atoms with Crippen molar-refractivity contribution < 1.29 is 0 Å². The highest BCUT2D eigenvalue weighted by Crippen LogP contribution is 2.28. The number of rotatable bonds is 6. The molecule has 7 heteroatoms. The minimum absolute atomic E-state index is 0.607. The van der Waals surface area contributed by atoms with Gasteiger partial charge in [0.15, 0.2) is 11.0 Å². The highest BCUT2D eigenvalue weighted by atomic mass is 35.5. The van der Waals surface area contributed by atoms with Gasteiger partial charge in [0.2, 0.25) is 0 Å². The maximum absolute atomic E-state index is 6.40. The van der Waals surface area contributed by atoms with E-state index in [1.807, 2.05) is 54.7 Å². The molecule has 3 heterocycles. The number of halogens is 1. The largest absolute Gasteiger partial charge is 0.375 e. The molecule has 0 radical (unpaired) electrons. The molecule has 0 saturated heterocycles. The van der Waals surface area contributed by atoms with Gasteiger partial charge in [-0.15, -0.1) is 11.3 Å². The van der Waals surface area contributed by atoms with Crippen LogP contribution in [0.25, 0.3) is 22.8 Å². The molecule has 0 aliphatic carbocycles. The summed E-state index contributed by atoms with van der Waals surface area (Å²) in [5.74, 6) is 0.607. The van der Waals surface area contributed by atoms with Gasteiger partial charge in [-0.05, 0) is 43.5 Å². The van der Waals surface area contributed by atoms with Crippen molar-refractivity contribution in [3.8, 4) is 22.8 Å². The second-order valence-corrected chi connectivity index (χ2v) is 7.84. The molecule has 0 unspecified atom stereocenters. The fourth-order valence-electron chi connectivity index (χ4n) is 2.92. The van der Waals surface area contributed by atoms with Gasteiger partial charge in [0, 0.05) is 33.6 Å². The van der Waals surface area contributed by atoms with Crippen LogP contribution in [0, 0.1) is 0 Å². The molecule has 0 saturated carbocycles. The highest BCUT2D eigenvalue weighted by Gasteiger charge is 2.12. The van der Waals surface area contributed by atoms with Crippen LogP contribution in [-0.4, -0.2) is 19.9 Å². The summed E-state index contributed by atoms with van der Waals surface area (Å²) >= 11 is 7.93. The molecule has 0 spiro atoms. The van der Waals surface area contributed by atoms with E-state index in [1.54, 1.807) is 6.20 Å². The number of thiazole rings is 1. The maximum atomic E-state index is 6.40. The lowest BCUT2D eigenvalue weighted by atomic mass is 10.1. The Kier molecular flexibility index (Phi) is 5.60. The Bertz CT molecular complexity index is 1080. The zero-order valence-electron chi connectivity index (χ0n) is 15.0. The lowest BCUT2D eigenvalue weighted by Gasteiger charge is -2.09. The first-order valence-electron chi connectivity index (χ1n) is 8.93. The van der Waals surface area contributed by atoms with E-state index in [1.165, 1.54) is 16.2 Å². The number of aryl methyl sites for hydroxylation is 2. The van der Waals surface area contributed by atoms with Gasteiger partial charge in [-0.25, -0.2) is 15.0 Å². The number of nitrogen functional groups attached to an aromatic ring is 1. The van der Waals surface area contributed by atoms with E-state index in [2.05, 4.69) is 9.97 Å². The number of anilines is 1. The molecular weight excluding hydrogens is 390 g/mol. The molecule has 5 nitrogen and oxygen atoms in total. The Morgan fingerprint density at radius 1 is 0.929 bits per heavy atom. The van der Waals surface area contributed by atoms with Crippen molar-refractivity contribution in [2.75, 3.05) is 5.73 Å². The second-order valence-electron chi connectivity index (χ2n) is 6.28. The van der Waals surface area contributed by atoms with Crippen LogP contribution >= 0.6 is 22.9 Å². The van der Waals surface area contributed by atoms with Gasteiger partial charge in [-0.2, -0.15) is 0 Å². The third-order valence-electron chi connectivity index (χ3n) is 4.25. The molecule has 4 aromatic rings. The summed E-state index contributed by atoms with van der Waals surface area (Å²) in [5.41, 5.74) is 9.11. The van der Waals surface area contributed by atoms with Crippen molar-refractivity contribution in [3.05, 3.63) is 76.5 Å². The SMILES string of the molecule is Nc1ncc(CCCc2cc(-c3ccccc3Cl)nc(-c3ccccn3)n2)s1. The number of aromatic nitrogens is 4. The van der Waals surface area contributed by atoms with E-state index in [-0.39, 0.29) is 0 Å². The first-order chi connectivity index (χ1) is 13.7. The molecule has 0 aliphatic rings. The topological polar surface area (TPSA) is 77.6 Å². The van der Waals surface area contributed by atoms with Crippen molar-refractivity contribution >= 4 is 28.1 Å². The number of nitrogens with two attached hydrogens (primary N) is 1. The smallest absolute Gasteiger partial charge is 0.180 e. The number of hydrogen-bond acceptors (Lipinski definition) is 6. The summed E-state index contributed by atoms with van der Waals surface area (Å²) in [6, 6.07) is 15.4. The fourth-order valence-corrected chi connectivity index (χ4v) is 3.88. The molecule has 2 N–H and O–H groups in total.